The number of para-hydroxylation sites is 1. The third kappa shape index (κ3) is 4.69. The van der Waals surface area contributed by atoms with Crippen molar-refractivity contribution in [3.05, 3.63) is 71.0 Å². The Morgan fingerprint density at radius 1 is 1.03 bits per heavy atom. The van der Waals surface area contributed by atoms with Crippen LogP contribution in [0, 0.1) is 0 Å². The molecule has 2 aromatic carbocycles. The Labute approximate surface area is 171 Å². The van der Waals surface area contributed by atoms with E-state index in [0.717, 1.165) is 23.1 Å². The molecule has 0 atom stereocenters. The lowest BCUT2D eigenvalue weighted by Gasteiger charge is -2.23. The second-order valence-corrected chi connectivity index (χ2v) is 7.83. The molecule has 0 aliphatic carbocycles. The first-order chi connectivity index (χ1) is 14.2. The van der Waals surface area contributed by atoms with Crippen molar-refractivity contribution in [3.8, 4) is 0 Å². The van der Waals surface area contributed by atoms with Gasteiger partial charge in [0.25, 0.3) is 5.91 Å². The van der Waals surface area contributed by atoms with Crippen LogP contribution in [-0.2, 0) is 24.4 Å². The van der Waals surface area contributed by atoms with Crippen molar-refractivity contribution in [2.45, 2.75) is 39.0 Å². The molecule has 152 valence electrons. The standard InChI is InChI=1S/C24H28N2O3/c1-28-17-21-20-7-3-4-8-22(20)29-23(21)24(27)25-15-18-9-11-19(12-10-18)16-26-13-5-2-6-14-26/h3-4,7-12H,2,5-6,13-17H2,1H3,(H,25,27)/p+1. The molecule has 0 bridgehead atoms. The van der Waals surface area contributed by atoms with Crippen molar-refractivity contribution >= 4 is 16.9 Å². The van der Waals surface area contributed by atoms with Crippen LogP contribution in [0.2, 0.25) is 0 Å². The number of carbonyl (C=O) groups is 1. The molecular weight excluding hydrogens is 364 g/mol. The van der Waals surface area contributed by atoms with E-state index in [4.69, 9.17) is 9.15 Å². The first-order valence-corrected chi connectivity index (χ1v) is 10.4. The van der Waals surface area contributed by atoms with Crippen LogP contribution in [0.15, 0.2) is 52.9 Å². The Hall–Kier alpha value is -2.63. The zero-order valence-electron chi connectivity index (χ0n) is 17.0. The van der Waals surface area contributed by atoms with Crippen LogP contribution in [0.5, 0.6) is 0 Å². The van der Waals surface area contributed by atoms with Gasteiger partial charge in [0.05, 0.1) is 19.7 Å². The molecule has 1 aromatic heterocycles. The van der Waals surface area contributed by atoms with Crippen molar-refractivity contribution in [3.63, 3.8) is 0 Å². The minimum atomic E-state index is -0.213. The maximum Gasteiger partial charge on any atom is 0.287 e. The van der Waals surface area contributed by atoms with Crippen LogP contribution in [0.3, 0.4) is 0 Å². The van der Waals surface area contributed by atoms with Crippen LogP contribution in [-0.4, -0.2) is 26.1 Å². The number of benzene rings is 2. The van der Waals surface area contributed by atoms with E-state index < -0.39 is 0 Å². The molecule has 3 aromatic rings. The van der Waals surface area contributed by atoms with Crippen LogP contribution < -0.4 is 10.2 Å². The Bertz CT molecular complexity index is 956. The van der Waals surface area contributed by atoms with Crippen molar-refractivity contribution in [1.82, 2.24) is 5.32 Å². The van der Waals surface area contributed by atoms with Crippen molar-refractivity contribution in [2.24, 2.45) is 0 Å². The number of methoxy groups -OCH3 is 1. The first kappa shape index (κ1) is 19.7. The second-order valence-electron chi connectivity index (χ2n) is 7.83. The van der Waals surface area contributed by atoms with Gasteiger partial charge in [0.2, 0.25) is 0 Å². The van der Waals surface area contributed by atoms with E-state index in [-0.39, 0.29) is 5.91 Å². The number of amides is 1. The summed E-state index contributed by atoms with van der Waals surface area (Å²) in [6, 6.07) is 16.2. The fourth-order valence-corrected chi connectivity index (χ4v) is 4.12. The molecule has 1 aliphatic rings. The van der Waals surface area contributed by atoms with Gasteiger partial charge in [-0.2, -0.15) is 0 Å². The molecule has 1 saturated heterocycles. The molecule has 2 heterocycles. The van der Waals surface area contributed by atoms with Gasteiger partial charge >= 0.3 is 0 Å². The summed E-state index contributed by atoms with van der Waals surface area (Å²) in [5.41, 5.74) is 3.94. The van der Waals surface area contributed by atoms with Gasteiger partial charge in [-0.1, -0.05) is 42.5 Å². The number of carbonyl (C=O) groups excluding carboxylic acids is 1. The van der Waals surface area contributed by atoms with E-state index in [1.54, 1.807) is 12.0 Å². The van der Waals surface area contributed by atoms with Crippen molar-refractivity contribution < 1.29 is 18.8 Å². The zero-order chi connectivity index (χ0) is 20.1. The maximum absolute atomic E-state index is 12.7. The summed E-state index contributed by atoms with van der Waals surface area (Å²) in [6.45, 7) is 4.46. The largest absolute Gasteiger partial charge is 0.451 e. The summed E-state index contributed by atoms with van der Waals surface area (Å²) < 4.78 is 11.1. The van der Waals surface area contributed by atoms with Crippen LogP contribution in [0.1, 0.15) is 46.5 Å². The first-order valence-electron chi connectivity index (χ1n) is 10.4. The average molecular weight is 394 g/mol. The number of fused-ring (bicyclic) bond motifs is 1. The highest BCUT2D eigenvalue weighted by atomic mass is 16.5. The third-order valence-electron chi connectivity index (χ3n) is 5.68. The van der Waals surface area contributed by atoms with E-state index >= 15 is 0 Å². The van der Waals surface area contributed by atoms with E-state index in [1.807, 2.05) is 24.3 Å². The monoisotopic (exact) mass is 393 g/mol. The van der Waals surface area contributed by atoms with Gasteiger partial charge in [-0.05, 0) is 30.9 Å². The molecule has 2 N–H and O–H groups in total. The summed E-state index contributed by atoms with van der Waals surface area (Å²) in [4.78, 5) is 14.4. The van der Waals surface area contributed by atoms with Gasteiger partial charge in [0.1, 0.15) is 12.1 Å². The van der Waals surface area contributed by atoms with Crippen molar-refractivity contribution in [1.29, 1.82) is 0 Å². The lowest BCUT2D eigenvalue weighted by Crippen LogP contribution is -3.11. The third-order valence-corrected chi connectivity index (χ3v) is 5.68. The number of piperidine rings is 1. The second kappa shape index (κ2) is 9.25. The number of quaternary nitrogens is 1. The maximum atomic E-state index is 12.7. The molecule has 4 rings (SSSR count). The molecule has 0 saturated carbocycles. The smallest absolute Gasteiger partial charge is 0.287 e. The highest BCUT2D eigenvalue weighted by Gasteiger charge is 2.20. The van der Waals surface area contributed by atoms with Gasteiger partial charge in [-0.3, -0.25) is 4.79 Å². The predicted octanol–water partition coefficient (Wildman–Crippen LogP) is 3.08. The Morgan fingerprint density at radius 3 is 2.52 bits per heavy atom. The molecule has 0 spiro atoms. The molecule has 1 fully saturated rings. The molecule has 0 radical (unpaired) electrons. The predicted molar refractivity (Wildman–Crippen MR) is 113 cm³/mol. The SMILES string of the molecule is COCc1c(C(=O)NCc2ccc(C[NH+]3CCCCC3)cc2)oc2ccccc12. The highest BCUT2D eigenvalue weighted by molar-refractivity contribution is 5.99. The average Bonchev–Trinajstić information content (AvgIpc) is 3.13. The lowest BCUT2D eigenvalue weighted by atomic mass is 10.1. The van der Waals surface area contributed by atoms with Crippen LogP contribution in [0.25, 0.3) is 11.0 Å². The van der Waals surface area contributed by atoms with Crippen molar-refractivity contribution in [2.75, 3.05) is 20.2 Å². The summed E-state index contributed by atoms with van der Waals surface area (Å²) in [5, 5.41) is 3.90. The summed E-state index contributed by atoms with van der Waals surface area (Å²) in [6.07, 6.45) is 4.05. The van der Waals surface area contributed by atoms with E-state index in [2.05, 4.69) is 29.6 Å². The lowest BCUT2D eigenvalue weighted by molar-refractivity contribution is -0.918. The van der Waals surface area contributed by atoms with Crippen LogP contribution >= 0.6 is 0 Å². The van der Waals surface area contributed by atoms with E-state index in [0.29, 0.717) is 24.5 Å². The highest BCUT2D eigenvalue weighted by Crippen LogP contribution is 2.26. The van der Waals surface area contributed by atoms with Gasteiger partial charge < -0.3 is 19.4 Å². The Kier molecular flexibility index (Phi) is 6.27. The Morgan fingerprint density at radius 2 is 1.76 bits per heavy atom. The number of ether oxygens (including phenoxy) is 1. The Balaban J connectivity index is 1.39. The topological polar surface area (TPSA) is 55.9 Å². The summed E-state index contributed by atoms with van der Waals surface area (Å²) in [7, 11) is 1.62. The van der Waals surface area contributed by atoms with E-state index in [9.17, 15) is 4.79 Å². The number of nitrogens with one attached hydrogen (secondary N) is 2. The summed E-state index contributed by atoms with van der Waals surface area (Å²) in [5.74, 6) is 0.119. The van der Waals surface area contributed by atoms with Gasteiger partial charge in [0, 0.05) is 30.2 Å². The molecule has 1 amide bonds. The number of hydrogen-bond acceptors (Lipinski definition) is 3. The number of furan rings is 1. The molecular formula is C24H29N2O3+. The molecule has 29 heavy (non-hydrogen) atoms. The molecule has 5 heteroatoms. The fourth-order valence-electron chi connectivity index (χ4n) is 4.12. The number of likely N-dealkylation sites (tertiary alicyclic amines) is 1. The van der Waals surface area contributed by atoms with Crippen LogP contribution in [0.4, 0.5) is 0 Å². The van der Waals surface area contributed by atoms with Gasteiger partial charge in [0.15, 0.2) is 5.76 Å². The number of rotatable bonds is 7. The minimum absolute atomic E-state index is 0.213. The van der Waals surface area contributed by atoms with Gasteiger partial charge in [-0.15, -0.1) is 0 Å². The molecule has 0 unspecified atom stereocenters. The molecule has 1 aliphatic heterocycles. The zero-order valence-corrected chi connectivity index (χ0v) is 17.0. The summed E-state index contributed by atoms with van der Waals surface area (Å²) >= 11 is 0. The number of hydrogen-bond donors (Lipinski definition) is 2. The fraction of sp³-hybridized carbons (Fsp3) is 0.375. The molecule has 5 nitrogen and oxygen atoms in total. The van der Waals surface area contributed by atoms with E-state index in [1.165, 1.54) is 37.9 Å². The quantitative estimate of drug-likeness (QED) is 0.649. The minimum Gasteiger partial charge on any atom is -0.451 e. The van der Waals surface area contributed by atoms with Gasteiger partial charge in [-0.25, -0.2) is 0 Å². The normalized spacial score (nSPS) is 14.9.